The maximum absolute atomic E-state index is 12.7. The van der Waals surface area contributed by atoms with Crippen molar-refractivity contribution in [2.75, 3.05) is 20.1 Å². The van der Waals surface area contributed by atoms with Crippen LogP contribution in [0.3, 0.4) is 0 Å². The molecule has 1 atom stereocenters. The van der Waals surface area contributed by atoms with Crippen LogP contribution in [0.4, 0.5) is 0 Å². The lowest BCUT2D eigenvalue weighted by Gasteiger charge is -2.35. The molecule has 0 unspecified atom stereocenters. The molecule has 1 amide bonds. The molecule has 0 radical (unpaired) electrons. The molecule has 3 rings (SSSR count). The van der Waals surface area contributed by atoms with Crippen molar-refractivity contribution in [1.29, 1.82) is 0 Å². The normalized spacial score (nSPS) is 26.7. The number of benzene rings is 1. The van der Waals surface area contributed by atoms with E-state index in [-0.39, 0.29) is 17.2 Å². The van der Waals surface area contributed by atoms with Gasteiger partial charge in [-0.2, -0.15) is 0 Å². The van der Waals surface area contributed by atoms with Crippen molar-refractivity contribution in [2.24, 2.45) is 0 Å². The average Bonchev–Trinajstić information content (AvgIpc) is 2.71. The molecule has 2 fully saturated rings. The molecule has 5 nitrogen and oxygen atoms in total. The largest absolute Gasteiger partial charge is 0.340 e. The third kappa shape index (κ3) is 3.28. The fraction of sp³-hybridized carbons (Fsp3) is 0.588. The number of nitrogens with zero attached hydrogens (tertiary/aromatic N) is 2. The van der Waals surface area contributed by atoms with Crippen LogP contribution in [0.25, 0.3) is 0 Å². The van der Waals surface area contributed by atoms with E-state index < -0.39 is 10.0 Å². The number of carbonyl (C=O) groups is 1. The van der Waals surface area contributed by atoms with Gasteiger partial charge in [-0.1, -0.05) is 30.3 Å². The van der Waals surface area contributed by atoms with E-state index in [0.717, 1.165) is 31.2 Å². The van der Waals surface area contributed by atoms with Crippen LogP contribution in [0.1, 0.15) is 37.7 Å². The van der Waals surface area contributed by atoms with Crippen LogP contribution in [0.15, 0.2) is 30.3 Å². The molecule has 1 aromatic rings. The van der Waals surface area contributed by atoms with Crippen molar-refractivity contribution in [3.8, 4) is 0 Å². The third-order valence-electron chi connectivity index (χ3n) is 5.35. The molecule has 6 heteroatoms. The highest BCUT2D eigenvalue weighted by Gasteiger charge is 2.44. The van der Waals surface area contributed by atoms with Crippen LogP contribution in [-0.4, -0.2) is 49.2 Å². The van der Waals surface area contributed by atoms with Crippen molar-refractivity contribution in [3.63, 3.8) is 0 Å². The summed E-state index contributed by atoms with van der Waals surface area (Å²) in [5.41, 5.74) is 0.688. The molecule has 0 aliphatic carbocycles. The lowest BCUT2D eigenvalue weighted by Crippen LogP contribution is -2.44. The van der Waals surface area contributed by atoms with Gasteiger partial charge >= 0.3 is 0 Å². The Kier molecular flexibility index (Phi) is 4.47. The third-order valence-corrected chi connectivity index (χ3v) is 7.20. The molecule has 0 bridgehead atoms. The molecular formula is C17H24N2O3S. The first-order valence-electron chi connectivity index (χ1n) is 8.21. The molecule has 1 spiro atoms. The van der Waals surface area contributed by atoms with Crippen molar-refractivity contribution in [2.45, 2.75) is 43.4 Å². The summed E-state index contributed by atoms with van der Waals surface area (Å²) in [6, 6.07) is 9.31. The lowest BCUT2D eigenvalue weighted by atomic mass is 9.88. The SMILES string of the molecule is CN1C(=O)CC[C@]12CCCN(S(=O)(=O)Cc1ccccc1)CC2. The Morgan fingerprint density at radius 1 is 1.09 bits per heavy atom. The van der Waals surface area contributed by atoms with Crippen molar-refractivity contribution in [3.05, 3.63) is 35.9 Å². The van der Waals surface area contributed by atoms with Gasteiger partial charge in [0, 0.05) is 32.1 Å². The highest BCUT2D eigenvalue weighted by atomic mass is 32.2. The predicted octanol–water partition coefficient (Wildman–Crippen LogP) is 1.99. The minimum atomic E-state index is -3.31. The van der Waals surface area contributed by atoms with Gasteiger partial charge in [0.05, 0.1) is 5.75 Å². The van der Waals surface area contributed by atoms with Crippen LogP contribution in [-0.2, 0) is 20.6 Å². The number of sulfonamides is 1. The molecule has 0 saturated carbocycles. The summed E-state index contributed by atoms with van der Waals surface area (Å²) in [6.07, 6.45) is 3.89. The van der Waals surface area contributed by atoms with E-state index >= 15 is 0 Å². The van der Waals surface area contributed by atoms with E-state index in [4.69, 9.17) is 0 Å². The number of hydrogen-bond acceptors (Lipinski definition) is 3. The molecule has 0 N–H and O–H groups in total. The van der Waals surface area contributed by atoms with Gasteiger partial charge in [-0.25, -0.2) is 12.7 Å². The van der Waals surface area contributed by atoms with E-state index in [9.17, 15) is 13.2 Å². The van der Waals surface area contributed by atoms with E-state index in [2.05, 4.69) is 0 Å². The van der Waals surface area contributed by atoms with Crippen LogP contribution in [0, 0.1) is 0 Å². The zero-order valence-electron chi connectivity index (χ0n) is 13.6. The van der Waals surface area contributed by atoms with Gasteiger partial charge in [0.25, 0.3) is 0 Å². The van der Waals surface area contributed by atoms with Crippen LogP contribution < -0.4 is 0 Å². The zero-order valence-corrected chi connectivity index (χ0v) is 14.4. The van der Waals surface area contributed by atoms with Gasteiger partial charge in [0.2, 0.25) is 15.9 Å². The molecule has 2 saturated heterocycles. The van der Waals surface area contributed by atoms with Crippen LogP contribution in [0.5, 0.6) is 0 Å². The highest BCUT2D eigenvalue weighted by molar-refractivity contribution is 7.88. The van der Waals surface area contributed by atoms with Gasteiger partial charge in [-0.15, -0.1) is 0 Å². The topological polar surface area (TPSA) is 57.7 Å². The molecule has 0 aromatic heterocycles. The first-order chi connectivity index (χ1) is 10.9. The Labute approximate surface area is 138 Å². The molecule has 126 valence electrons. The summed E-state index contributed by atoms with van der Waals surface area (Å²) in [5, 5.41) is 0. The summed E-state index contributed by atoms with van der Waals surface area (Å²) in [4.78, 5) is 13.7. The first kappa shape index (κ1) is 16.5. The molecule has 2 aliphatic rings. The Morgan fingerprint density at radius 3 is 2.48 bits per heavy atom. The lowest BCUT2D eigenvalue weighted by molar-refractivity contribution is -0.129. The molecular weight excluding hydrogens is 312 g/mol. The second-order valence-electron chi connectivity index (χ2n) is 6.67. The monoisotopic (exact) mass is 336 g/mol. The first-order valence-corrected chi connectivity index (χ1v) is 9.82. The highest BCUT2D eigenvalue weighted by Crippen LogP contribution is 2.38. The van der Waals surface area contributed by atoms with Gasteiger partial charge in [-0.3, -0.25) is 4.79 Å². The smallest absolute Gasteiger partial charge is 0.222 e. The van der Waals surface area contributed by atoms with Gasteiger partial charge in [0.1, 0.15) is 0 Å². The number of hydrogen-bond donors (Lipinski definition) is 0. The van der Waals surface area contributed by atoms with E-state index in [0.29, 0.717) is 19.5 Å². The quantitative estimate of drug-likeness (QED) is 0.848. The Balaban J connectivity index is 1.71. The predicted molar refractivity (Wildman–Crippen MR) is 89.2 cm³/mol. The Morgan fingerprint density at radius 2 is 1.83 bits per heavy atom. The van der Waals surface area contributed by atoms with Gasteiger partial charge < -0.3 is 4.90 Å². The minimum absolute atomic E-state index is 0.0512. The fourth-order valence-electron chi connectivity index (χ4n) is 3.83. The summed E-state index contributed by atoms with van der Waals surface area (Å²) in [5.74, 6) is 0.237. The number of rotatable bonds is 3. The maximum atomic E-state index is 12.7. The van der Waals surface area contributed by atoms with E-state index in [1.807, 2.05) is 42.3 Å². The van der Waals surface area contributed by atoms with Crippen molar-refractivity contribution < 1.29 is 13.2 Å². The van der Waals surface area contributed by atoms with Crippen molar-refractivity contribution >= 4 is 15.9 Å². The minimum Gasteiger partial charge on any atom is -0.340 e. The molecule has 2 heterocycles. The van der Waals surface area contributed by atoms with Crippen LogP contribution in [0.2, 0.25) is 0 Å². The summed E-state index contributed by atoms with van der Waals surface area (Å²) in [6.45, 7) is 1.06. The van der Waals surface area contributed by atoms with Crippen LogP contribution >= 0.6 is 0 Å². The number of likely N-dealkylation sites (tertiary alicyclic amines) is 1. The number of carbonyl (C=O) groups excluding carboxylic acids is 1. The zero-order chi connectivity index (χ0) is 16.5. The molecule has 23 heavy (non-hydrogen) atoms. The maximum Gasteiger partial charge on any atom is 0.222 e. The molecule has 1 aromatic carbocycles. The standard InChI is InChI=1S/C17H24N2O3S/c1-18-16(20)8-10-17(18)9-5-12-19(13-11-17)23(21,22)14-15-6-3-2-4-7-15/h2-4,6-7H,5,8-14H2,1H3/t17-/m0/s1. The summed E-state index contributed by atoms with van der Waals surface area (Å²) < 4.78 is 27.0. The second-order valence-corrected chi connectivity index (χ2v) is 8.64. The fourth-order valence-corrected chi connectivity index (χ4v) is 5.41. The Bertz CT molecular complexity index is 674. The second kappa shape index (κ2) is 6.24. The average molecular weight is 336 g/mol. The van der Waals surface area contributed by atoms with Gasteiger partial charge in [0.15, 0.2) is 0 Å². The summed E-state index contributed by atoms with van der Waals surface area (Å²) >= 11 is 0. The van der Waals surface area contributed by atoms with E-state index in [1.165, 1.54) is 0 Å². The molecule has 2 aliphatic heterocycles. The van der Waals surface area contributed by atoms with Crippen molar-refractivity contribution in [1.82, 2.24) is 9.21 Å². The summed E-state index contributed by atoms with van der Waals surface area (Å²) in [7, 11) is -1.44. The number of amides is 1. The van der Waals surface area contributed by atoms with Gasteiger partial charge in [-0.05, 0) is 31.2 Å². The van der Waals surface area contributed by atoms with E-state index in [1.54, 1.807) is 4.31 Å². The Hall–Kier alpha value is -1.40.